The monoisotopic (exact) mass is 647 g/mol. The van der Waals surface area contributed by atoms with E-state index in [2.05, 4.69) is 55.1 Å². The van der Waals surface area contributed by atoms with Crippen molar-refractivity contribution in [1.82, 2.24) is 15.1 Å². The maximum Gasteiger partial charge on any atom is 0.344 e. The number of benzene rings is 2. The number of ether oxygens (including phenoxy) is 2. The Morgan fingerprint density at radius 1 is 0.957 bits per heavy atom. The molecule has 1 aliphatic rings. The Morgan fingerprint density at radius 2 is 1.72 bits per heavy atom. The molecule has 0 unspecified atom stereocenters. The number of thioether (sulfide) groups is 1. The second-order valence-corrected chi connectivity index (χ2v) is 13.0. The zero-order chi connectivity index (χ0) is 33.1. The second-order valence-electron chi connectivity index (χ2n) is 12.0. The zero-order valence-electron chi connectivity index (χ0n) is 28.5. The molecule has 3 rings (SSSR count). The van der Waals surface area contributed by atoms with Gasteiger partial charge in [-0.2, -0.15) is 0 Å². The summed E-state index contributed by atoms with van der Waals surface area (Å²) in [7, 11) is 3.70. The van der Waals surface area contributed by atoms with Crippen LogP contribution in [0.5, 0.6) is 11.5 Å². The first kappa shape index (κ1) is 37.1. The van der Waals surface area contributed by atoms with E-state index in [1.807, 2.05) is 18.2 Å². The number of unbranched alkanes of at least 4 members (excludes halogenated alkanes) is 1. The molecule has 0 bridgehead atoms. The van der Waals surface area contributed by atoms with Crippen molar-refractivity contribution < 1.29 is 19.1 Å². The number of hydrogen-bond acceptors (Lipinski definition) is 7. The van der Waals surface area contributed by atoms with Gasteiger partial charge in [0, 0.05) is 49.4 Å². The first-order chi connectivity index (χ1) is 22.3. The summed E-state index contributed by atoms with van der Waals surface area (Å²) in [6.45, 7) is 12.8. The van der Waals surface area contributed by atoms with Crippen LogP contribution in [0.4, 0.5) is 0 Å². The summed E-state index contributed by atoms with van der Waals surface area (Å²) in [5.74, 6) is 0.965. The highest BCUT2D eigenvalue weighted by atomic mass is 32.2. The Bertz CT molecular complexity index is 1350. The molecule has 1 heterocycles. The van der Waals surface area contributed by atoms with E-state index in [1.165, 1.54) is 30.8 Å². The third kappa shape index (κ3) is 13.6. The molecule has 1 N–H and O–H groups in total. The molecule has 0 atom stereocenters. The van der Waals surface area contributed by atoms with E-state index >= 15 is 0 Å². The first-order valence-electron chi connectivity index (χ1n) is 16.6. The highest BCUT2D eigenvalue weighted by Gasteiger charge is 2.17. The van der Waals surface area contributed by atoms with Gasteiger partial charge in [0.25, 0.3) is 0 Å². The van der Waals surface area contributed by atoms with Gasteiger partial charge in [-0.3, -0.25) is 4.79 Å². The van der Waals surface area contributed by atoms with Crippen LogP contribution in [0.25, 0.3) is 6.08 Å². The minimum atomic E-state index is -0.436. The standard InChI is InChI=1S/C38H53N3O4S/c1-6-12-30(2)13-11-14-31(3)21-28-46-36-16-8-7-15-33(36)38(43)45-34-19-17-32(29-35(34)44-5)18-20-37(42)39-22-9-10-23-41-26-24-40(4)25-27-41/h7-8,13,15-21,29H,6,9-12,14,22-28H2,1-5H3,(H,39,42)/b20-18+,30-13+,31-21+. The van der Waals surface area contributed by atoms with Crippen LogP contribution in [0.2, 0.25) is 0 Å². The van der Waals surface area contributed by atoms with Crippen LogP contribution in [0.15, 0.2) is 76.7 Å². The molecule has 8 heteroatoms. The van der Waals surface area contributed by atoms with Crippen LogP contribution >= 0.6 is 11.8 Å². The Kier molecular flexibility index (Phi) is 16.7. The Hall–Kier alpha value is -3.33. The zero-order valence-corrected chi connectivity index (χ0v) is 29.3. The summed E-state index contributed by atoms with van der Waals surface area (Å²) in [6.07, 6.45) is 14.3. The fourth-order valence-corrected chi connectivity index (χ4v) is 6.21. The van der Waals surface area contributed by atoms with Crippen molar-refractivity contribution >= 4 is 29.7 Å². The molecular formula is C38H53N3O4S. The van der Waals surface area contributed by atoms with Gasteiger partial charge in [0.05, 0.1) is 12.7 Å². The summed E-state index contributed by atoms with van der Waals surface area (Å²) >= 11 is 1.62. The lowest BCUT2D eigenvalue weighted by Gasteiger charge is -2.32. The summed E-state index contributed by atoms with van der Waals surface area (Å²) in [5, 5.41) is 2.96. The number of methoxy groups -OCH3 is 1. The first-order valence-corrected chi connectivity index (χ1v) is 17.6. The molecule has 0 spiro atoms. The molecule has 2 aromatic rings. The number of rotatable bonds is 18. The van der Waals surface area contributed by atoms with Gasteiger partial charge < -0.3 is 24.6 Å². The molecular weight excluding hydrogens is 595 g/mol. The summed E-state index contributed by atoms with van der Waals surface area (Å²) in [4.78, 5) is 31.3. The maximum absolute atomic E-state index is 13.2. The molecule has 250 valence electrons. The van der Waals surface area contributed by atoms with E-state index in [0.717, 1.165) is 81.0 Å². The van der Waals surface area contributed by atoms with E-state index in [0.29, 0.717) is 23.6 Å². The predicted molar refractivity (Wildman–Crippen MR) is 192 cm³/mol. The van der Waals surface area contributed by atoms with Crippen molar-refractivity contribution in [2.24, 2.45) is 0 Å². The molecule has 1 fully saturated rings. The quantitative estimate of drug-likeness (QED) is 0.0445. The van der Waals surface area contributed by atoms with Gasteiger partial charge in [0.15, 0.2) is 11.5 Å². The number of likely N-dealkylation sites (N-methyl/N-ethyl adjacent to an activating group) is 1. The molecule has 1 saturated heterocycles. The summed E-state index contributed by atoms with van der Waals surface area (Å²) < 4.78 is 11.3. The maximum atomic E-state index is 13.2. The van der Waals surface area contributed by atoms with Crippen LogP contribution in [-0.4, -0.2) is 80.9 Å². The molecule has 0 aromatic heterocycles. The fourth-order valence-electron chi connectivity index (χ4n) is 5.18. The van der Waals surface area contributed by atoms with Gasteiger partial charge in [-0.1, -0.05) is 54.8 Å². The van der Waals surface area contributed by atoms with Crippen molar-refractivity contribution in [2.75, 3.05) is 59.2 Å². The van der Waals surface area contributed by atoms with E-state index < -0.39 is 5.97 Å². The molecule has 0 saturated carbocycles. The Labute approximate surface area is 281 Å². The number of amides is 1. The topological polar surface area (TPSA) is 71.1 Å². The van der Waals surface area contributed by atoms with E-state index in [-0.39, 0.29) is 5.91 Å². The van der Waals surface area contributed by atoms with Crippen molar-refractivity contribution in [1.29, 1.82) is 0 Å². The van der Waals surface area contributed by atoms with E-state index in [9.17, 15) is 9.59 Å². The van der Waals surface area contributed by atoms with Crippen LogP contribution in [0, 0.1) is 0 Å². The van der Waals surface area contributed by atoms with Gasteiger partial charge in [-0.05, 0) is 95.4 Å². The van der Waals surface area contributed by atoms with Gasteiger partial charge in [0.2, 0.25) is 5.91 Å². The molecule has 1 aliphatic heterocycles. The van der Waals surface area contributed by atoms with E-state index in [1.54, 1.807) is 42.1 Å². The van der Waals surface area contributed by atoms with Crippen molar-refractivity contribution in [3.05, 3.63) is 83.0 Å². The van der Waals surface area contributed by atoms with Crippen molar-refractivity contribution in [3.63, 3.8) is 0 Å². The molecule has 0 radical (unpaired) electrons. The van der Waals surface area contributed by atoms with Crippen LogP contribution in [0.3, 0.4) is 0 Å². The third-order valence-corrected chi connectivity index (χ3v) is 9.07. The number of hydrogen-bond donors (Lipinski definition) is 1. The lowest BCUT2D eigenvalue weighted by molar-refractivity contribution is -0.116. The third-order valence-electron chi connectivity index (χ3n) is 8.07. The SMILES string of the molecule is CCC/C(C)=C/CC/C(C)=C/CSc1ccccc1C(=O)Oc1ccc(/C=C/C(=O)NCCCCN2CCN(C)CC2)cc1OC. The van der Waals surface area contributed by atoms with Crippen molar-refractivity contribution in [3.8, 4) is 11.5 Å². The number of carbonyl (C=O) groups is 2. The predicted octanol–water partition coefficient (Wildman–Crippen LogP) is 7.64. The number of allylic oxidation sites excluding steroid dienone is 3. The largest absolute Gasteiger partial charge is 0.493 e. The van der Waals surface area contributed by atoms with Crippen LogP contribution in [-0.2, 0) is 4.79 Å². The van der Waals surface area contributed by atoms with Crippen LogP contribution in [0.1, 0.15) is 75.2 Å². The highest BCUT2D eigenvalue weighted by molar-refractivity contribution is 7.99. The normalized spacial score (nSPS) is 14.9. The average Bonchev–Trinajstić information content (AvgIpc) is 3.05. The molecule has 46 heavy (non-hydrogen) atoms. The Balaban J connectivity index is 1.48. The van der Waals surface area contributed by atoms with Gasteiger partial charge in [0.1, 0.15) is 0 Å². The number of nitrogens with one attached hydrogen (secondary N) is 1. The molecule has 1 amide bonds. The lowest BCUT2D eigenvalue weighted by Crippen LogP contribution is -2.44. The highest BCUT2D eigenvalue weighted by Crippen LogP contribution is 2.31. The summed E-state index contributed by atoms with van der Waals surface area (Å²) in [5.41, 5.74) is 4.10. The average molecular weight is 648 g/mol. The number of carbonyl (C=O) groups excluding carboxylic acids is 2. The fraction of sp³-hybridized carbons (Fsp3) is 0.474. The van der Waals surface area contributed by atoms with Crippen LogP contribution < -0.4 is 14.8 Å². The smallest absolute Gasteiger partial charge is 0.344 e. The number of esters is 1. The lowest BCUT2D eigenvalue weighted by atomic mass is 10.1. The molecule has 7 nitrogen and oxygen atoms in total. The molecule has 0 aliphatic carbocycles. The minimum Gasteiger partial charge on any atom is -0.493 e. The number of piperazine rings is 1. The van der Waals surface area contributed by atoms with Gasteiger partial charge in [-0.15, -0.1) is 11.8 Å². The second kappa shape index (κ2) is 20.7. The van der Waals surface area contributed by atoms with Crippen molar-refractivity contribution in [2.45, 2.75) is 64.2 Å². The van der Waals surface area contributed by atoms with Gasteiger partial charge in [-0.25, -0.2) is 4.79 Å². The molecule has 2 aromatic carbocycles. The Morgan fingerprint density at radius 3 is 2.48 bits per heavy atom. The minimum absolute atomic E-state index is 0.132. The summed E-state index contributed by atoms with van der Waals surface area (Å²) in [6, 6.07) is 12.8. The van der Waals surface area contributed by atoms with E-state index in [4.69, 9.17) is 9.47 Å². The number of nitrogens with zero attached hydrogens (tertiary/aromatic N) is 2. The van der Waals surface area contributed by atoms with Gasteiger partial charge >= 0.3 is 5.97 Å².